The number of aromatic nitrogens is 1. The first-order chi connectivity index (χ1) is 13.1. The molecule has 0 atom stereocenters. The van der Waals surface area contributed by atoms with Crippen LogP contribution in [-0.4, -0.2) is 22.1 Å². The minimum Gasteiger partial charge on any atom is -0.497 e. The molecular weight excluding hydrogens is 378 g/mol. The highest BCUT2D eigenvalue weighted by Crippen LogP contribution is 2.17. The fourth-order valence-corrected chi connectivity index (χ4v) is 2.95. The van der Waals surface area contributed by atoms with E-state index < -0.39 is 0 Å². The summed E-state index contributed by atoms with van der Waals surface area (Å²) in [6.07, 6.45) is 1.79. The summed E-state index contributed by atoms with van der Waals surface area (Å²) < 4.78 is 5.23. The average molecular weight is 398 g/mol. The Kier molecular flexibility index (Phi) is 6.63. The van der Waals surface area contributed by atoms with Gasteiger partial charge in [-0.25, -0.2) is 0 Å². The van der Waals surface area contributed by atoms with Crippen LogP contribution in [0.1, 0.15) is 11.3 Å². The van der Waals surface area contributed by atoms with E-state index in [1.165, 1.54) is 0 Å². The molecule has 3 rings (SSSR count). The number of nitrogens with zero attached hydrogens (tertiary/aromatic N) is 2. The molecule has 27 heavy (non-hydrogen) atoms. The second-order valence-corrected chi connectivity index (χ2v) is 6.79. The molecule has 6 heteroatoms. The molecule has 0 aliphatic heterocycles. The van der Waals surface area contributed by atoms with Crippen LogP contribution >= 0.6 is 23.8 Å². The number of hydrogen-bond acceptors (Lipinski definition) is 3. The van der Waals surface area contributed by atoms with Crippen LogP contribution in [0.3, 0.4) is 0 Å². The van der Waals surface area contributed by atoms with Crippen LogP contribution in [0.25, 0.3) is 0 Å². The SMILES string of the molecule is COc1ccc(CN(Cc2ccccn2)C(=S)Nc2ccc(Cl)cc2)cc1. The van der Waals surface area contributed by atoms with E-state index in [4.69, 9.17) is 28.6 Å². The number of ether oxygens (including phenoxy) is 1. The fraction of sp³-hybridized carbons (Fsp3) is 0.143. The normalized spacial score (nSPS) is 10.3. The number of rotatable bonds is 6. The molecule has 1 N–H and O–H groups in total. The van der Waals surface area contributed by atoms with Crippen molar-refractivity contribution in [1.29, 1.82) is 0 Å². The summed E-state index contributed by atoms with van der Waals surface area (Å²) in [5, 5.41) is 4.59. The van der Waals surface area contributed by atoms with Crippen molar-refractivity contribution in [3.8, 4) is 5.75 Å². The number of nitrogens with one attached hydrogen (secondary N) is 1. The van der Waals surface area contributed by atoms with E-state index in [1.54, 1.807) is 13.3 Å². The topological polar surface area (TPSA) is 37.4 Å². The summed E-state index contributed by atoms with van der Waals surface area (Å²) >= 11 is 11.6. The van der Waals surface area contributed by atoms with Gasteiger partial charge in [-0.15, -0.1) is 0 Å². The number of hydrogen-bond donors (Lipinski definition) is 1. The Morgan fingerprint density at radius 2 is 1.78 bits per heavy atom. The molecule has 0 unspecified atom stereocenters. The molecule has 0 spiro atoms. The molecule has 2 aromatic carbocycles. The van der Waals surface area contributed by atoms with E-state index in [1.807, 2.05) is 66.7 Å². The van der Waals surface area contributed by atoms with Gasteiger partial charge >= 0.3 is 0 Å². The van der Waals surface area contributed by atoms with Crippen molar-refractivity contribution >= 4 is 34.6 Å². The molecule has 0 saturated heterocycles. The standard InChI is InChI=1S/C21H20ClN3OS/c1-26-20-11-5-16(6-12-20)14-25(15-19-4-2-3-13-23-19)21(27)24-18-9-7-17(22)8-10-18/h2-13H,14-15H2,1H3,(H,24,27). The summed E-state index contributed by atoms with van der Waals surface area (Å²) in [7, 11) is 1.66. The maximum absolute atomic E-state index is 5.96. The van der Waals surface area contributed by atoms with Gasteiger partial charge in [0.2, 0.25) is 0 Å². The molecule has 0 fully saturated rings. The van der Waals surface area contributed by atoms with Crippen molar-refractivity contribution in [2.75, 3.05) is 12.4 Å². The second kappa shape index (κ2) is 9.35. The third-order valence-electron chi connectivity index (χ3n) is 3.99. The van der Waals surface area contributed by atoms with Gasteiger partial charge in [0.1, 0.15) is 5.75 Å². The molecule has 0 aliphatic carbocycles. The maximum Gasteiger partial charge on any atom is 0.174 e. The monoisotopic (exact) mass is 397 g/mol. The Labute approximate surface area is 169 Å². The molecule has 138 valence electrons. The third kappa shape index (κ3) is 5.67. The quantitative estimate of drug-likeness (QED) is 0.582. The predicted octanol–water partition coefficient (Wildman–Crippen LogP) is 5.14. The van der Waals surface area contributed by atoms with Crippen LogP contribution in [0.2, 0.25) is 5.02 Å². The van der Waals surface area contributed by atoms with E-state index >= 15 is 0 Å². The first-order valence-corrected chi connectivity index (χ1v) is 9.27. The Hall–Kier alpha value is -2.63. The lowest BCUT2D eigenvalue weighted by Gasteiger charge is -2.26. The minimum absolute atomic E-state index is 0.603. The lowest BCUT2D eigenvalue weighted by atomic mass is 10.2. The molecule has 4 nitrogen and oxygen atoms in total. The first kappa shape index (κ1) is 19.1. The smallest absolute Gasteiger partial charge is 0.174 e. The summed E-state index contributed by atoms with van der Waals surface area (Å²) in [6.45, 7) is 1.26. The Bertz CT molecular complexity index is 870. The fourth-order valence-electron chi connectivity index (χ4n) is 2.57. The summed E-state index contributed by atoms with van der Waals surface area (Å²) in [5.41, 5.74) is 2.98. The molecule has 1 heterocycles. The van der Waals surface area contributed by atoms with Crippen molar-refractivity contribution in [2.24, 2.45) is 0 Å². The van der Waals surface area contributed by atoms with Crippen LogP contribution < -0.4 is 10.1 Å². The zero-order chi connectivity index (χ0) is 19.1. The highest BCUT2D eigenvalue weighted by molar-refractivity contribution is 7.80. The predicted molar refractivity (Wildman–Crippen MR) is 114 cm³/mol. The van der Waals surface area contributed by atoms with Crippen molar-refractivity contribution in [2.45, 2.75) is 13.1 Å². The highest BCUT2D eigenvalue weighted by Gasteiger charge is 2.12. The second-order valence-electron chi connectivity index (χ2n) is 5.96. The molecule has 0 saturated carbocycles. The molecule has 0 aliphatic rings. The number of halogens is 1. The number of pyridine rings is 1. The summed E-state index contributed by atoms with van der Waals surface area (Å²) in [6, 6.07) is 21.3. The van der Waals surface area contributed by atoms with E-state index in [0.29, 0.717) is 23.2 Å². The van der Waals surface area contributed by atoms with Gasteiger partial charge in [-0.2, -0.15) is 0 Å². The molecular formula is C21H20ClN3OS. The van der Waals surface area contributed by atoms with Gasteiger partial charge < -0.3 is 15.0 Å². The van der Waals surface area contributed by atoms with Gasteiger partial charge in [-0.1, -0.05) is 29.8 Å². The van der Waals surface area contributed by atoms with Crippen molar-refractivity contribution in [3.63, 3.8) is 0 Å². The highest BCUT2D eigenvalue weighted by atomic mass is 35.5. The Morgan fingerprint density at radius 1 is 1.04 bits per heavy atom. The number of benzene rings is 2. The van der Waals surface area contributed by atoms with Gasteiger partial charge in [0.25, 0.3) is 0 Å². The number of anilines is 1. The Morgan fingerprint density at radius 3 is 2.41 bits per heavy atom. The van der Waals surface area contributed by atoms with E-state index in [0.717, 1.165) is 22.7 Å². The Balaban J connectivity index is 1.77. The van der Waals surface area contributed by atoms with Crippen LogP contribution in [0, 0.1) is 0 Å². The first-order valence-electron chi connectivity index (χ1n) is 8.48. The average Bonchev–Trinajstić information content (AvgIpc) is 2.70. The van der Waals surface area contributed by atoms with Crippen LogP contribution in [0.15, 0.2) is 72.9 Å². The van der Waals surface area contributed by atoms with Crippen molar-refractivity contribution in [1.82, 2.24) is 9.88 Å². The van der Waals surface area contributed by atoms with E-state index in [9.17, 15) is 0 Å². The van der Waals surface area contributed by atoms with E-state index in [-0.39, 0.29) is 0 Å². The zero-order valence-corrected chi connectivity index (χ0v) is 16.5. The largest absolute Gasteiger partial charge is 0.497 e. The molecule has 3 aromatic rings. The van der Waals surface area contributed by atoms with Gasteiger partial charge in [-0.05, 0) is 66.3 Å². The minimum atomic E-state index is 0.603. The molecule has 0 bridgehead atoms. The third-order valence-corrected chi connectivity index (χ3v) is 4.61. The lowest BCUT2D eigenvalue weighted by molar-refractivity contribution is 0.403. The maximum atomic E-state index is 5.96. The number of thiocarbonyl (C=S) groups is 1. The van der Waals surface area contributed by atoms with Crippen molar-refractivity contribution in [3.05, 3.63) is 89.2 Å². The van der Waals surface area contributed by atoms with Gasteiger partial charge in [0.05, 0.1) is 19.3 Å². The summed E-state index contributed by atoms with van der Waals surface area (Å²) in [5.74, 6) is 0.830. The zero-order valence-electron chi connectivity index (χ0n) is 14.9. The van der Waals surface area contributed by atoms with Crippen LogP contribution in [-0.2, 0) is 13.1 Å². The molecule has 0 amide bonds. The van der Waals surface area contributed by atoms with Gasteiger partial charge in [0, 0.05) is 23.5 Å². The van der Waals surface area contributed by atoms with Crippen LogP contribution in [0.5, 0.6) is 5.75 Å². The molecule has 1 aromatic heterocycles. The summed E-state index contributed by atoms with van der Waals surface area (Å²) in [4.78, 5) is 6.50. The van der Waals surface area contributed by atoms with Crippen molar-refractivity contribution < 1.29 is 4.74 Å². The number of methoxy groups -OCH3 is 1. The van der Waals surface area contributed by atoms with Gasteiger partial charge in [0.15, 0.2) is 5.11 Å². The lowest BCUT2D eigenvalue weighted by Crippen LogP contribution is -2.34. The van der Waals surface area contributed by atoms with E-state index in [2.05, 4.69) is 15.2 Å². The van der Waals surface area contributed by atoms with Crippen LogP contribution in [0.4, 0.5) is 5.69 Å². The molecule has 0 radical (unpaired) electrons. The van der Waals surface area contributed by atoms with Gasteiger partial charge in [-0.3, -0.25) is 4.98 Å².